The minimum Gasteiger partial charge on any atom is -0.493 e. The number of pyridine rings is 4. The molecule has 0 aliphatic carbocycles. The Morgan fingerprint density at radius 2 is 0.673 bits per heavy atom. The summed E-state index contributed by atoms with van der Waals surface area (Å²) in [7, 11) is 2.67. The zero-order chi connectivity index (χ0) is 69.4. The van der Waals surface area contributed by atoms with Crippen LogP contribution in [0, 0.1) is 0 Å². The van der Waals surface area contributed by atoms with Crippen LogP contribution < -0.4 is 20.9 Å². The first-order valence-electron chi connectivity index (χ1n) is 32.8. The van der Waals surface area contributed by atoms with Crippen molar-refractivity contribution < 1.29 is 86.2 Å². The summed E-state index contributed by atoms with van der Waals surface area (Å²) in [6.07, 6.45) is 1.33. The lowest BCUT2D eigenvalue weighted by Gasteiger charge is -2.23. The summed E-state index contributed by atoms with van der Waals surface area (Å²) in [4.78, 5) is 73.6. The molecule has 6 heterocycles. The fourth-order valence-electron chi connectivity index (χ4n) is 10.0. The van der Waals surface area contributed by atoms with Crippen LogP contribution in [0.5, 0.6) is 11.5 Å². The number of aromatic nitrogens is 4. The first kappa shape index (κ1) is 77.0. The number of nitrogen functional groups attached to an aromatic ring is 2. The minimum atomic E-state index is -1.13. The lowest BCUT2D eigenvalue weighted by Crippen LogP contribution is -2.33. The molecule has 2 aromatic carbocycles. The average Bonchev–Trinajstić information content (AvgIpc) is 0.900. The van der Waals surface area contributed by atoms with Gasteiger partial charge in [-0.05, 0) is 59.7 Å². The second-order valence-electron chi connectivity index (χ2n) is 22.7. The van der Waals surface area contributed by atoms with E-state index in [-0.39, 0.29) is 22.8 Å². The van der Waals surface area contributed by atoms with E-state index in [0.717, 1.165) is 16.8 Å². The van der Waals surface area contributed by atoms with Gasteiger partial charge in [0.25, 0.3) is 0 Å². The van der Waals surface area contributed by atoms with Gasteiger partial charge in [0, 0.05) is 127 Å². The lowest BCUT2D eigenvalue weighted by molar-refractivity contribution is 0.00596. The van der Waals surface area contributed by atoms with Crippen molar-refractivity contribution in [3.63, 3.8) is 0 Å². The van der Waals surface area contributed by atoms with E-state index < -0.39 is 23.9 Å². The fraction of sp³-hybridized carbons (Fsp3) is 0.486. The Labute approximate surface area is 572 Å². The Kier molecular flexibility index (Phi) is 35.0. The monoisotopic (exact) mass is 1360 g/mol. The molecule has 0 saturated carbocycles. The number of benzene rings is 2. The maximum atomic E-state index is 12.4. The smallest absolute Gasteiger partial charge is 0.356 e. The van der Waals surface area contributed by atoms with Crippen LogP contribution in [-0.4, -0.2) is 259 Å². The number of nitrogens with zero attached hydrogens (tertiary/aromatic N) is 8. The molecular formula is C70H94N10O18. The molecule has 0 radical (unpaired) electrons. The van der Waals surface area contributed by atoms with Crippen LogP contribution in [0.4, 0.5) is 11.4 Å². The van der Waals surface area contributed by atoms with E-state index in [0.29, 0.717) is 250 Å². The Morgan fingerprint density at radius 1 is 0.378 bits per heavy atom. The number of esters is 2. The first-order chi connectivity index (χ1) is 47.8. The number of methoxy groups -OCH3 is 2. The van der Waals surface area contributed by atoms with Crippen LogP contribution in [0.2, 0.25) is 0 Å². The maximum absolute atomic E-state index is 12.4. The molecule has 0 bridgehead atoms. The van der Waals surface area contributed by atoms with Crippen molar-refractivity contribution in [1.82, 2.24) is 39.5 Å². The van der Waals surface area contributed by atoms with Crippen molar-refractivity contribution >= 4 is 35.3 Å². The Bertz CT molecular complexity index is 3280. The first-order valence-corrected chi connectivity index (χ1v) is 32.8. The van der Waals surface area contributed by atoms with E-state index in [9.17, 15) is 29.4 Å². The Morgan fingerprint density at radius 3 is 1.02 bits per heavy atom. The molecule has 0 unspecified atom stereocenters. The molecule has 8 rings (SSSR count). The lowest BCUT2D eigenvalue weighted by atomic mass is 10.1. The number of carbonyl (C=O) groups excluding carboxylic acids is 2. The van der Waals surface area contributed by atoms with Crippen LogP contribution >= 0.6 is 0 Å². The highest BCUT2D eigenvalue weighted by Crippen LogP contribution is 2.20. The molecule has 6 N–H and O–H groups in total. The number of rotatable bonds is 20. The molecule has 0 atom stereocenters. The largest absolute Gasteiger partial charge is 0.493 e. The molecule has 532 valence electrons. The molecular weight excluding hydrogens is 1270 g/mol. The molecule has 4 aromatic heterocycles. The van der Waals surface area contributed by atoms with Crippen LogP contribution in [0.3, 0.4) is 0 Å². The standard InChI is InChI=1S/C36H49N5O9.C34H45N5O9/c1-44-35(42)33-5-3-4-30(38-33)26-40-11-16-46-20-22-48-18-13-41(14-19-49-23-21-47-17-12-40)27-31-24-32(25-34(39-31)36(43)45-2)50-15-10-28-6-8-29(37)9-7-28;35-27-6-4-26(5-7-27)8-13-48-30-22-29(37-32(23-30)34(42)43)25-39-11-16-46-20-18-44-14-9-38(10-15-45-19-21-47-17-12-39)24-28-2-1-3-31(36-28)33(40)41/h3-9,24-25H,10-23,26-27,37H2,1-2H3;1-7,22-23H,8-21,24-25,35H2,(H,40,41)(H,42,43). The number of carbonyl (C=O) groups is 4. The van der Waals surface area contributed by atoms with Gasteiger partial charge in [-0.3, -0.25) is 19.6 Å². The summed E-state index contributed by atoms with van der Waals surface area (Å²) in [5, 5.41) is 18.9. The van der Waals surface area contributed by atoms with Gasteiger partial charge < -0.3 is 78.5 Å². The number of nitrogens with two attached hydrogens (primary N) is 2. The van der Waals surface area contributed by atoms with Crippen molar-refractivity contribution in [3.8, 4) is 11.5 Å². The number of anilines is 2. The predicted octanol–water partition coefficient (Wildman–Crippen LogP) is 5.10. The minimum absolute atomic E-state index is 0.0134. The maximum Gasteiger partial charge on any atom is 0.356 e. The van der Waals surface area contributed by atoms with E-state index in [1.54, 1.807) is 36.4 Å². The Balaban J connectivity index is 0.000000276. The summed E-state index contributed by atoms with van der Waals surface area (Å²) < 4.78 is 68.5. The van der Waals surface area contributed by atoms with Crippen LogP contribution in [0.1, 0.15) is 75.9 Å². The second-order valence-corrected chi connectivity index (χ2v) is 22.7. The van der Waals surface area contributed by atoms with Gasteiger partial charge in [-0.2, -0.15) is 0 Å². The molecule has 2 fully saturated rings. The summed E-state index contributed by atoms with van der Waals surface area (Å²) in [5.74, 6) is -2.20. The zero-order valence-electron chi connectivity index (χ0n) is 56.2. The third-order valence-corrected chi connectivity index (χ3v) is 15.3. The van der Waals surface area contributed by atoms with Crippen molar-refractivity contribution in [2.24, 2.45) is 0 Å². The molecule has 6 aromatic rings. The van der Waals surface area contributed by atoms with E-state index in [1.807, 2.05) is 60.7 Å². The number of hydrogen-bond donors (Lipinski definition) is 4. The third-order valence-electron chi connectivity index (χ3n) is 15.3. The number of ether oxygens (including phenoxy) is 12. The van der Waals surface area contributed by atoms with E-state index in [1.165, 1.54) is 26.4 Å². The average molecular weight is 1360 g/mol. The SMILES string of the molecule is COC(=O)c1cccc(CN2CCOCCOCCN(Cc3cc(OCCc4ccc(N)cc4)cc(C(=O)OC)n3)CCOCCOCC2)n1.Nc1ccc(CCOc2cc(CN3CCOCCOCCN(Cc4cccc(C(=O)O)n4)CCOCCOCC3)nc(C(=O)O)c2)cc1. The zero-order valence-corrected chi connectivity index (χ0v) is 56.2. The third kappa shape index (κ3) is 30.2. The highest BCUT2D eigenvalue weighted by atomic mass is 16.5. The van der Waals surface area contributed by atoms with Gasteiger partial charge in [0.15, 0.2) is 11.4 Å². The number of hydrogen-bond acceptors (Lipinski definition) is 26. The van der Waals surface area contributed by atoms with Gasteiger partial charge in [-0.1, -0.05) is 36.4 Å². The number of carboxylic acids is 2. The molecule has 2 aliphatic rings. The van der Waals surface area contributed by atoms with Crippen molar-refractivity contribution in [2.45, 2.75) is 39.0 Å². The van der Waals surface area contributed by atoms with E-state index in [2.05, 4.69) is 39.5 Å². The molecule has 28 nitrogen and oxygen atoms in total. The molecule has 2 aliphatic heterocycles. The quantitative estimate of drug-likeness (QED) is 0.0570. The van der Waals surface area contributed by atoms with Gasteiger partial charge in [-0.15, -0.1) is 0 Å². The highest BCUT2D eigenvalue weighted by Gasteiger charge is 2.19. The van der Waals surface area contributed by atoms with Gasteiger partial charge in [-0.25, -0.2) is 39.1 Å². The van der Waals surface area contributed by atoms with Crippen molar-refractivity contribution in [1.29, 1.82) is 0 Å². The molecule has 0 amide bonds. The molecule has 0 spiro atoms. The van der Waals surface area contributed by atoms with Crippen LogP contribution in [0.15, 0.2) is 109 Å². The second kappa shape index (κ2) is 44.5. The number of aromatic carboxylic acids is 2. The highest BCUT2D eigenvalue weighted by molar-refractivity contribution is 5.88. The van der Waals surface area contributed by atoms with Gasteiger partial charge in [0.1, 0.15) is 22.9 Å². The van der Waals surface area contributed by atoms with Gasteiger partial charge in [0.05, 0.1) is 156 Å². The van der Waals surface area contributed by atoms with Crippen molar-refractivity contribution in [2.75, 3.05) is 197 Å². The number of carboxylic acid groups (broad SMARTS) is 2. The molecule has 98 heavy (non-hydrogen) atoms. The fourth-order valence-corrected chi connectivity index (χ4v) is 10.0. The van der Waals surface area contributed by atoms with E-state index >= 15 is 0 Å². The summed E-state index contributed by atoms with van der Waals surface area (Å²) in [6, 6.07) is 32.1. The van der Waals surface area contributed by atoms with Gasteiger partial charge in [0.2, 0.25) is 0 Å². The predicted molar refractivity (Wildman–Crippen MR) is 361 cm³/mol. The van der Waals surface area contributed by atoms with Gasteiger partial charge >= 0.3 is 23.9 Å². The normalized spacial score (nSPS) is 16.7. The Hall–Kier alpha value is -8.36. The van der Waals surface area contributed by atoms with Crippen LogP contribution in [-0.2, 0) is 86.4 Å². The summed E-state index contributed by atoms with van der Waals surface area (Å²) in [5.41, 5.74) is 18.2. The molecule has 28 heteroatoms. The summed E-state index contributed by atoms with van der Waals surface area (Å²) >= 11 is 0. The van der Waals surface area contributed by atoms with Crippen LogP contribution in [0.25, 0.3) is 0 Å². The summed E-state index contributed by atoms with van der Waals surface area (Å²) in [6.45, 7) is 14.7. The molecule has 2 saturated heterocycles. The van der Waals surface area contributed by atoms with E-state index in [4.69, 9.17) is 68.3 Å². The van der Waals surface area contributed by atoms with Crippen molar-refractivity contribution in [3.05, 3.63) is 166 Å². The topological polar surface area (TPSA) is 336 Å².